The number of ether oxygens (including phenoxy) is 2. The molecule has 0 amide bonds. The first-order chi connectivity index (χ1) is 9.11. The smallest absolute Gasteiger partial charge is 0.0646 e. The summed E-state index contributed by atoms with van der Waals surface area (Å²) in [6, 6.07) is 9.00. The second kappa shape index (κ2) is 6.40. The Hall–Kier alpha value is -1.06. The van der Waals surface area contributed by atoms with Crippen molar-refractivity contribution in [1.82, 2.24) is 0 Å². The zero-order valence-corrected chi connectivity index (χ0v) is 12.2. The summed E-state index contributed by atoms with van der Waals surface area (Å²) < 4.78 is 10.9. The Kier molecular flexibility index (Phi) is 4.83. The van der Waals surface area contributed by atoms with E-state index in [0.29, 0.717) is 6.04 Å². The van der Waals surface area contributed by atoms with Crippen molar-refractivity contribution in [3.63, 3.8) is 0 Å². The van der Waals surface area contributed by atoms with E-state index in [4.69, 9.17) is 9.47 Å². The average molecular weight is 263 g/mol. The third-order valence-corrected chi connectivity index (χ3v) is 3.65. The molecular weight excluding hydrogens is 238 g/mol. The average Bonchev–Trinajstić information content (AvgIpc) is 2.36. The van der Waals surface area contributed by atoms with Crippen LogP contribution in [-0.4, -0.2) is 32.0 Å². The topological polar surface area (TPSA) is 30.5 Å². The fourth-order valence-corrected chi connectivity index (χ4v) is 2.67. The molecule has 1 aromatic carbocycles. The molecule has 3 nitrogen and oxygen atoms in total. The van der Waals surface area contributed by atoms with E-state index in [2.05, 4.69) is 43.4 Å². The van der Waals surface area contributed by atoms with E-state index in [0.717, 1.165) is 32.5 Å². The predicted molar refractivity (Wildman–Crippen MR) is 78.7 cm³/mol. The van der Waals surface area contributed by atoms with Gasteiger partial charge in [0, 0.05) is 25.4 Å². The van der Waals surface area contributed by atoms with Crippen molar-refractivity contribution in [3.05, 3.63) is 29.8 Å². The molecule has 0 saturated carbocycles. The first-order valence-corrected chi connectivity index (χ1v) is 7.08. The lowest BCUT2D eigenvalue weighted by Gasteiger charge is -2.36. The molecule has 1 aliphatic heterocycles. The largest absolute Gasteiger partial charge is 0.384 e. The molecule has 1 aliphatic rings. The highest BCUT2D eigenvalue weighted by Crippen LogP contribution is 2.27. The Labute approximate surface area is 116 Å². The van der Waals surface area contributed by atoms with Crippen LogP contribution in [-0.2, 0) is 15.9 Å². The van der Waals surface area contributed by atoms with Gasteiger partial charge in [-0.3, -0.25) is 0 Å². The predicted octanol–water partition coefficient (Wildman–Crippen LogP) is 3.25. The molecule has 3 heteroatoms. The molecule has 0 spiro atoms. The van der Waals surface area contributed by atoms with E-state index in [9.17, 15) is 0 Å². The Balaban J connectivity index is 2.02. The summed E-state index contributed by atoms with van der Waals surface area (Å²) in [5.74, 6) is 0. The van der Waals surface area contributed by atoms with Gasteiger partial charge >= 0.3 is 0 Å². The van der Waals surface area contributed by atoms with Crippen LogP contribution in [0.15, 0.2) is 24.3 Å². The van der Waals surface area contributed by atoms with Gasteiger partial charge in [-0.1, -0.05) is 18.2 Å². The van der Waals surface area contributed by atoms with Crippen LogP contribution in [0.3, 0.4) is 0 Å². The van der Waals surface area contributed by atoms with Gasteiger partial charge in [0.25, 0.3) is 0 Å². The van der Waals surface area contributed by atoms with Crippen molar-refractivity contribution in [3.8, 4) is 0 Å². The van der Waals surface area contributed by atoms with Gasteiger partial charge in [-0.05, 0) is 44.7 Å². The van der Waals surface area contributed by atoms with Gasteiger partial charge < -0.3 is 14.8 Å². The summed E-state index contributed by atoms with van der Waals surface area (Å²) in [6.45, 7) is 5.93. The number of para-hydroxylation sites is 1. The Morgan fingerprint density at radius 3 is 2.89 bits per heavy atom. The molecule has 0 aromatic heterocycles. The van der Waals surface area contributed by atoms with Gasteiger partial charge in [0.1, 0.15) is 0 Å². The summed E-state index contributed by atoms with van der Waals surface area (Å²) in [5.41, 5.74) is 2.55. The number of hydrogen-bond acceptors (Lipinski definition) is 3. The Morgan fingerprint density at radius 1 is 1.37 bits per heavy atom. The third-order valence-electron chi connectivity index (χ3n) is 3.65. The fraction of sp³-hybridized carbons (Fsp3) is 0.625. The number of nitrogens with one attached hydrogen (secondary N) is 1. The highest BCUT2D eigenvalue weighted by Gasteiger charge is 2.28. The molecule has 19 heavy (non-hydrogen) atoms. The zero-order chi connectivity index (χ0) is 13.7. The zero-order valence-electron chi connectivity index (χ0n) is 12.2. The quantitative estimate of drug-likeness (QED) is 0.884. The highest BCUT2D eigenvalue weighted by atomic mass is 16.5. The van der Waals surface area contributed by atoms with Crippen LogP contribution < -0.4 is 5.32 Å². The summed E-state index contributed by atoms with van der Waals surface area (Å²) in [4.78, 5) is 0. The van der Waals surface area contributed by atoms with Crippen molar-refractivity contribution in [2.45, 2.75) is 44.8 Å². The van der Waals surface area contributed by atoms with Crippen LogP contribution in [0.25, 0.3) is 0 Å². The van der Waals surface area contributed by atoms with Crippen LogP contribution in [0.2, 0.25) is 0 Å². The van der Waals surface area contributed by atoms with E-state index in [-0.39, 0.29) is 5.60 Å². The summed E-state index contributed by atoms with van der Waals surface area (Å²) in [6.07, 6.45) is 3.07. The molecule has 1 aromatic rings. The maximum atomic E-state index is 5.77. The SMILES string of the molecule is COCCc1ccccc1NC1CCOC(C)(C)C1. The van der Waals surface area contributed by atoms with Crippen LogP contribution >= 0.6 is 0 Å². The molecular formula is C16H25NO2. The first kappa shape index (κ1) is 14.4. The molecule has 1 fully saturated rings. The molecule has 1 heterocycles. The van der Waals surface area contributed by atoms with Crippen molar-refractivity contribution in [2.24, 2.45) is 0 Å². The molecule has 0 bridgehead atoms. The second-order valence-electron chi connectivity index (χ2n) is 5.84. The van der Waals surface area contributed by atoms with Crippen LogP contribution in [0, 0.1) is 0 Å². The van der Waals surface area contributed by atoms with E-state index in [1.807, 2.05) is 0 Å². The maximum Gasteiger partial charge on any atom is 0.0646 e. The number of methoxy groups -OCH3 is 1. The molecule has 0 radical (unpaired) electrons. The van der Waals surface area contributed by atoms with Crippen molar-refractivity contribution in [2.75, 3.05) is 25.6 Å². The minimum atomic E-state index is -0.0165. The van der Waals surface area contributed by atoms with Gasteiger partial charge in [0.15, 0.2) is 0 Å². The van der Waals surface area contributed by atoms with E-state index < -0.39 is 0 Å². The lowest BCUT2D eigenvalue weighted by Crippen LogP contribution is -2.40. The van der Waals surface area contributed by atoms with Gasteiger partial charge in [0.05, 0.1) is 12.2 Å². The lowest BCUT2D eigenvalue weighted by molar-refractivity contribution is -0.0553. The van der Waals surface area contributed by atoms with Crippen LogP contribution in [0.4, 0.5) is 5.69 Å². The van der Waals surface area contributed by atoms with Crippen molar-refractivity contribution >= 4 is 5.69 Å². The standard InChI is InChI=1S/C16H25NO2/c1-16(2)12-14(9-11-19-16)17-15-7-5-4-6-13(15)8-10-18-3/h4-7,14,17H,8-12H2,1-3H3. The minimum Gasteiger partial charge on any atom is -0.384 e. The van der Waals surface area contributed by atoms with Crippen LogP contribution in [0.5, 0.6) is 0 Å². The maximum absolute atomic E-state index is 5.77. The van der Waals surface area contributed by atoms with Gasteiger partial charge in [-0.25, -0.2) is 0 Å². The molecule has 106 valence electrons. The fourth-order valence-electron chi connectivity index (χ4n) is 2.67. The highest BCUT2D eigenvalue weighted by molar-refractivity contribution is 5.52. The van der Waals surface area contributed by atoms with E-state index in [1.54, 1.807) is 7.11 Å². The number of rotatable bonds is 5. The first-order valence-electron chi connectivity index (χ1n) is 7.08. The summed E-state index contributed by atoms with van der Waals surface area (Å²) >= 11 is 0. The Bertz CT molecular complexity index is 403. The summed E-state index contributed by atoms with van der Waals surface area (Å²) in [5, 5.41) is 3.68. The molecule has 1 N–H and O–H groups in total. The van der Waals surface area contributed by atoms with Crippen LogP contribution in [0.1, 0.15) is 32.3 Å². The number of hydrogen-bond donors (Lipinski definition) is 1. The minimum absolute atomic E-state index is 0.0165. The lowest BCUT2D eigenvalue weighted by atomic mass is 9.93. The molecule has 1 atom stereocenters. The van der Waals surface area contributed by atoms with Gasteiger partial charge in [-0.2, -0.15) is 0 Å². The summed E-state index contributed by atoms with van der Waals surface area (Å²) in [7, 11) is 1.75. The molecule has 0 aliphatic carbocycles. The van der Waals surface area contributed by atoms with Gasteiger partial charge in [-0.15, -0.1) is 0 Å². The van der Waals surface area contributed by atoms with Gasteiger partial charge in [0.2, 0.25) is 0 Å². The Morgan fingerprint density at radius 2 is 2.16 bits per heavy atom. The number of benzene rings is 1. The normalized spacial score (nSPS) is 22.2. The van der Waals surface area contributed by atoms with Crippen molar-refractivity contribution < 1.29 is 9.47 Å². The van der Waals surface area contributed by atoms with E-state index >= 15 is 0 Å². The molecule has 1 unspecified atom stereocenters. The second-order valence-corrected chi connectivity index (χ2v) is 5.84. The third kappa shape index (κ3) is 4.22. The molecule has 2 rings (SSSR count). The monoisotopic (exact) mass is 263 g/mol. The van der Waals surface area contributed by atoms with E-state index in [1.165, 1.54) is 11.3 Å². The van der Waals surface area contributed by atoms with Crippen molar-refractivity contribution in [1.29, 1.82) is 0 Å². The number of anilines is 1. The molecule has 1 saturated heterocycles.